The Morgan fingerprint density at radius 2 is 1.79 bits per heavy atom. The van der Waals surface area contributed by atoms with Gasteiger partial charge in [-0.05, 0) is 50.2 Å². The summed E-state index contributed by atoms with van der Waals surface area (Å²) in [5.41, 5.74) is 1.49. The Hall–Kier alpha value is -3.40. The molecule has 0 aliphatic carbocycles. The van der Waals surface area contributed by atoms with Gasteiger partial charge in [0.05, 0.1) is 22.2 Å². The molecule has 0 radical (unpaired) electrons. The summed E-state index contributed by atoms with van der Waals surface area (Å²) in [6.45, 7) is 4.31. The number of carbonyl (C=O) groups is 4. The average Bonchev–Trinajstić information content (AvgIpc) is 2.82. The molecular formula is C24H24FN3O5S. The summed E-state index contributed by atoms with van der Waals surface area (Å²) in [5.74, 6) is -1.80. The van der Waals surface area contributed by atoms with Crippen LogP contribution in [0.2, 0.25) is 0 Å². The van der Waals surface area contributed by atoms with Crippen molar-refractivity contribution in [1.29, 1.82) is 0 Å². The summed E-state index contributed by atoms with van der Waals surface area (Å²) in [4.78, 5) is 52.5. The molecule has 2 aromatic rings. The largest absolute Gasteiger partial charge is 0.452 e. The van der Waals surface area contributed by atoms with Gasteiger partial charge in [0.2, 0.25) is 5.91 Å². The Bertz CT molecular complexity index is 1160. The van der Waals surface area contributed by atoms with Crippen LogP contribution in [0, 0.1) is 5.82 Å². The normalized spacial score (nSPS) is 17.6. The number of ether oxygens (including phenoxy) is 1. The summed E-state index contributed by atoms with van der Waals surface area (Å²) in [7, 11) is 0. The smallest absolute Gasteiger partial charge is 0.338 e. The minimum atomic E-state index is -0.653. The summed E-state index contributed by atoms with van der Waals surface area (Å²) >= 11 is 1.41. The highest BCUT2D eigenvalue weighted by molar-refractivity contribution is 8.00. The van der Waals surface area contributed by atoms with Gasteiger partial charge in [-0.2, -0.15) is 0 Å². The van der Waals surface area contributed by atoms with Crippen molar-refractivity contribution in [3.8, 4) is 0 Å². The molecule has 2 aromatic carbocycles. The molecule has 2 aliphatic heterocycles. The zero-order chi connectivity index (χ0) is 24.4. The monoisotopic (exact) mass is 485 g/mol. The molecule has 2 amide bonds. The average molecular weight is 486 g/mol. The Labute approximate surface area is 200 Å². The summed E-state index contributed by atoms with van der Waals surface area (Å²) < 4.78 is 19.6. The lowest BCUT2D eigenvalue weighted by Crippen LogP contribution is -2.50. The maximum absolute atomic E-state index is 14.4. The fraction of sp³-hybridized carbons (Fsp3) is 0.333. The number of nitrogens with zero attached hydrogens (tertiary/aromatic N) is 2. The van der Waals surface area contributed by atoms with Crippen LogP contribution in [-0.2, 0) is 14.3 Å². The van der Waals surface area contributed by atoms with Crippen molar-refractivity contribution in [2.75, 3.05) is 43.0 Å². The van der Waals surface area contributed by atoms with Crippen molar-refractivity contribution in [3.63, 3.8) is 0 Å². The number of benzene rings is 2. The first kappa shape index (κ1) is 23.7. The van der Waals surface area contributed by atoms with Crippen molar-refractivity contribution in [3.05, 3.63) is 53.3 Å². The third-order valence-electron chi connectivity index (χ3n) is 5.80. The van der Waals surface area contributed by atoms with Crippen LogP contribution in [0.15, 0.2) is 41.3 Å². The number of rotatable bonds is 5. The second-order valence-electron chi connectivity index (χ2n) is 8.13. The third-order valence-corrected chi connectivity index (χ3v) is 6.98. The molecule has 178 valence electrons. The molecule has 1 saturated heterocycles. The SMILES string of the molecule is CC(=O)c1ccc(N2CCN(C(=O)COC(=O)c3ccc4c(c3)NC(=O)[C@H](C)S4)CC2)c(F)c1. The predicted octanol–water partition coefficient (Wildman–Crippen LogP) is 2.97. The van der Waals surface area contributed by atoms with Crippen LogP contribution in [0.5, 0.6) is 0 Å². The molecular weight excluding hydrogens is 461 g/mol. The van der Waals surface area contributed by atoms with Crippen LogP contribution < -0.4 is 10.2 Å². The highest BCUT2D eigenvalue weighted by Crippen LogP contribution is 2.36. The molecule has 0 spiro atoms. The highest BCUT2D eigenvalue weighted by Gasteiger charge is 2.26. The number of Topliss-reactive ketones (excluding diaryl/α,β-unsaturated/α-hetero) is 1. The molecule has 0 saturated carbocycles. The van der Waals surface area contributed by atoms with Gasteiger partial charge in [0.25, 0.3) is 5.91 Å². The van der Waals surface area contributed by atoms with Crippen molar-refractivity contribution in [2.24, 2.45) is 0 Å². The Balaban J connectivity index is 1.29. The van der Waals surface area contributed by atoms with Gasteiger partial charge < -0.3 is 19.9 Å². The quantitative estimate of drug-likeness (QED) is 0.514. The van der Waals surface area contributed by atoms with Gasteiger partial charge >= 0.3 is 5.97 Å². The van der Waals surface area contributed by atoms with E-state index in [0.717, 1.165) is 4.90 Å². The first-order valence-corrected chi connectivity index (χ1v) is 11.7. The lowest BCUT2D eigenvalue weighted by molar-refractivity contribution is -0.134. The lowest BCUT2D eigenvalue weighted by atomic mass is 10.1. The van der Waals surface area contributed by atoms with Gasteiger partial charge in [0.15, 0.2) is 12.4 Å². The number of esters is 1. The van der Waals surface area contributed by atoms with Crippen LogP contribution in [0.25, 0.3) is 0 Å². The summed E-state index contributed by atoms with van der Waals surface area (Å²) in [6, 6.07) is 9.28. The first-order chi connectivity index (χ1) is 16.2. The third kappa shape index (κ3) is 5.06. The Morgan fingerprint density at radius 3 is 2.47 bits per heavy atom. The van der Waals surface area contributed by atoms with E-state index in [-0.39, 0.29) is 28.4 Å². The van der Waals surface area contributed by atoms with E-state index < -0.39 is 18.4 Å². The van der Waals surface area contributed by atoms with Crippen molar-refractivity contribution in [2.45, 2.75) is 24.0 Å². The van der Waals surface area contributed by atoms with Crippen LogP contribution in [-0.4, -0.2) is 66.5 Å². The lowest BCUT2D eigenvalue weighted by Gasteiger charge is -2.36. The van der Waals surface area contributed by atoms with Crippen LogP contribution in [0.3, 0.4) is 0 Å². The summed E-state index contributed by atoms with van der Waals surface area (Å²) in [6.07, 6.45) is 0. The number of piperazine rings is 1. The molecule has 10 heteroatoms. The fourth-order valence-corrected chi connectivity index (χ4v) is 4.75. The van der Waals surface area contributed by atoms with Gasteiger partial charge in [-0.1, -0.05) is 0 Å². The van der Waals surface area contributed by atoms with Crippen molar-refractivity contribution < 1.29 is 28.3 Å². The maximum Gasteiger partial charge on any atom is 0.338 e. The van der Waals surface area contributed by atoms with E-state index in [1.807, 2.05) is 4.90 Å². The van der Waals surface area contributed by atoms with Crippen LogP contribution in [0.1, 0.15) is 34.6 Å². The molecule has 0 aromatic heterocycles. The Morgan fingerprint density at radius 1 is 1.09 bits per heavy atom. The molecule has 0 bridgehead atoms. The van der Waals surface area contributed by atoms with Crippen molar-refractivity contribution in [1.82, 2.24) is 4.90 Å². The molecule has 4 rings (SSSR count). The molecule has 34 heavy (non-hydrogen) atoms. The zero-order valence-corrected chi connectivity index (χ0v) is 19.6. The number of ketones is 1. The molecule has 2 aliphatic rings. The Kier molecular flexibility index (Phi) is 6.87. The molecule has 1 N–H and O–H groups in total. The van der Waals surface area contributed by atoms with E-state index >= 15 is 0 Å². The summed E-state index contributed by atoms with van der Waals surface area (Å²) in [5, 5.41) is 2.55. The van der Waals surface area contributed by atoms with E-state index in [2.05, 4.69) is 5.32 Å². The van der Waals surface area contributed by atoms with Gasteiger partial charge in [-0.25, -0.2) is 9.18 Å². The number of amides is 2. The molecule has 8 nitrogen and oxygen atoms in total. The number of carbonyl (C=O) groups excluding carboxylic acids is 4. The number of anilines is 2. The van der Waals surface area contributed by atoms with E-state index in [4.69, 9.17) is 4.74 Å². The number of hydrogen-bond acceptors (Lipinski definition) is 7. The number of thioether (sulfide) groups is 1. The van der Waals surface area contributed by atoms with E-state index in [0.29, 0.717) is 43.1 Å². The van der Waals surface area contributed by atoms with E-state index in [9.17, 15) is 23.6 Å². The second-order valence-corrected chi connectivity index (χ2v) is 9.51. The van der Waals surface area contributed by atoms with Crippen molar-refractivity contribution >= 4 is 46.7 Å². The van der Waals surface area contributed by atoms with Gasteiger partial charge in [-0.3, -0.25) is 14.4 Å². The van der Waals surface area contributed by atoms with Gasteiger partial charge in [-0.15, -0.1) is 11.8 Å². The molecule has 1 atom stereocenters. The minimum absolute atomic E-state index is 0.132. The predicted molar refractivity (Wildman–Crippen MR) is 126 cm³/mol. The number of fused-ring (bicyclic) bond motifs is 1. The van der Waals surface area contributed by atoms with Crippen LogP contribution in [0.4, 0.5) is 15.8 Å². The number of halogens is 1. The van der Waals surface area contributed by atoms with E-state index in [1.165, 1.54) is 24.8 Å². The van der Waals surface area contributed by atoms with Gasteiger partial charge in [0, 0.05) is 36.6 Å². The number of hydrogen-bond donors (Lipinski definition) is 1. The second kappa shape index (κ2) is 9.84. The van der Waals surface area contributed by atoms with E-state index in [1.54, 1.807) is 42.2 Å². The minimum Gasteiger partial charge on any atom is -0.452 e. The molecule has 2 heterocycles. The topological polar surface area (TPSA) is 96.0 Å². The van der Waals surface area contributed by atoms with Gasteiger partial charge in [0.1, 0.15) is 5.82 Å². The first-order valence-electron chi connectivity index (χ1n) is 10.8. The fourth-order valence-electron chi connectivity index (χ4n) is 3.82. The van der Waals surface area contributed by atoms with Crippen LogP contribution >= 0.6 is 11.8 Å². The maximum atomic E-state index is 14.4. The molecule has 0 unspecified atom stereocenters. The molecule has 1 fully saturated rings. The standard InChI is InChI=1S/C24H24FN3O5S/c1-14(29)16-3-5-20(18(25)11-16)27-7-9-28(10-8-27)22(30)13-33-24(32)17-4-6-21-19(12-17)26-23(31)15(2)34-21/h3-6,11-12,15H,7-10,13H2,1-2H3,(H,26,31)/t15-/m0/s1. The zero-order valence-electron chi connectivity index (χ0n) is 18.8. The highest BCUT2D eigenvalue weighted by atomic mass is 32.2. The number of nitrogens with one attached hydrogen (secondary N) is 1.